The topological polar surface area (TPSA) is 74.0 Å². The van der Waals surface area contributed by atoms with Crippen LogP contribution in [0.5, 0.6) is 5.75 Å². The molecule has 1 N–H and O–H groups in total. The zero-order valence-corrected chi connectivity index (χ0v) is 14.3. The normalized spacial score (nSPS) is 10.6. The van der Waals surface area contributed by atoms with E-state index in [0.29, 0.717) is 25.3 Å². The molecular weight excluding hydrogens is 318 g/mol. The van der Waals surface area contributed by atoms with Gasteiger partial charge >= 0.3 is 0 Å². The highest BCUT2D eigenvalue weighted by atomic mass is 16.5. The predicted molar refractivity (Wildman–Crippen MR) is 93.1 cm³/mol. The fraction of sp³-hybridized carbons (Fsp3) is 0.278. The molecule has 25 heavy (non-hydrogen) atoms. The van der Waals surface area contributed by atoms with Crippen molar-refractivity contribution in [3.8, 4) is 16.9 Å². The molecule has 0 saturated carbocycles. The highest BCUT2D eigenvalue weighted by Crippen LogP contribution is 2.22. The Kier molecular flexibility index (Phi) is 5.13. The molecule has 1 amide bonds. The summed E-state index contributed by atoms with van der Waals surface area (Å²) < 4.78 is 9.23. The minimum absolute atomic E-state index is 0.174. The summed E-state index contributed by atoms with van der Waals surface area (Å²) in [6.07, 6.45) is 7.74. The highest BCUT2D eigenvalue weighted by molar-refractivity contribution is 5.91. The van der Waals surface area contributed by atoms with E-state index in [2.05, 4.69) is 21.5 Å². The maximum absolute atomic E-state index is 11.9. The van der Waals surface area contributed by atoms with Crippen LogP contribution in [0.3, 0.4) is 0 Å². The average molecular weight is 338 g/mol. The largest absolute Gasteiger partial charge is 0.493 e. The molecule has 0 saturated heterocycles. The molecule has 2 aromatic heterocycles. The minimum atomic E-state index is -0.174. The number of hydrogen-bond acceptors (Lipinski definition) is 4. The maximum Gasteiger partial charge on any atom is 0.271 e. The Morgan fingerprint density at radius 2 is 2.16 bits per heavy atom. The standard InChI is InChI=1S/C18H20N5O2/c1-22-12-17(20-13-22)18(24)19-7-4-8-25-16-6-3-5-14(9-16)15-10-21-23(2)11-15/h5-6,9-13H,4,7-8H2,1-2H3,(H,19,24). The summed E-state index contributed by atoms with van der Waals surface area (Å²) in [6, 6.07) is 8.73. The number of aryl methyl sites for hydroxylation is 2. The molecule has 0 aliphatic rings. The highest BCUT2D eigenvalue weighted by Gasteiger charge is 2.07. The minimum Gasteiger partial charge on any atom is -0.493 e. The number of hydrogen-bond donors (Lipinski definition) is 1. The van der Waals surface area contributed by atoms with Gasteiger partial charge in [-0.15, -0.1) is 0 Å². The molecule has 129 valence electrons. The van der Waals surface area contributed by atoms with E-state index in [1.807, 2.05) is 32.4 Å². The van der Waals surface area contributed by atoms with Gasteiger partial charge in [0.05, 0.1) is 19.1 Å². The van der Waals surface area contributed by atoms with Gasteiger partial charge in [-0.3, -0.25) is 9.48 Å². The Bertz CT molecular complexity index is 853. The zero-order valence-electron chi connectivity index (χ0n) is 14.3. The van der Waals surface area contributed by atoms with Gasteiger partial charge in [0.1, 0.15) is 11.4 Å². The van der Waals surface area contributed by atoms with E-state index in [1.165, 1.54) is 0 Å². The van der Waals surface area contributed by atoms with E-state index in [1.54, 1.807) is 34.0 Å². The maximum atomic E-state index is 11.9. The second-order valence-corrected chi connectivity index (χ2v) is 5.74. The van der Waals surface area contributed by atoms with Crippen LogP contribution >= 0.6 is 0 Å². The number of carbonyl (C=O) groups is 1. The molecular formula is C18H20N5O2. The van der Waals surface area contributed by atoms with E-state index in [0.717, 1.165) is 16.9 Å². The van der Waals surface area contributed by atoms with Gasteiger partial charge in [-0.1, -0.05) is 0 Å². The number of amides is 1. The third kappa shape index (κ3) is 4.47. The first kappa shape index (κ1) is 16.8. The molecule has 0 fully saturated rings. The first-order valence-corrected chi connectivity index (χ1v) is 8.01. The first-order valence-electron chi connectivity index (χ1n) is 8.01. The van der Waals surface area contributed by atoms with Crippen LogP contribution in [0.2, 0.25) is 0 Å². The Morgan fingerprint density at radius 3 is 2.88 bits per heavy atom. The smallest absolute Gasteiger partial charge is 0.271 e. The number of rotatable bonds is 7. The molecule has 3 aromatic rings. The zero-order chi connectivity index (χ0) is 17.6. The Labute approximate surface area is 146 Å². The molecule has 0 aliphatic carbocycles. The van der Waals surface area contributed by atoms with E-state index in [9.17, 15) is 4.79 Å². The molecule has 0 bridgehead atoms. The van der Waals surface area contributed by atoms with Crippen molar-refractivity contribution in [2.24, 2.45) is 14.1 Å². The monoisotopic (exact) mass is 338 g/mol. The van der Waals surface area contributed by atoms with Gasteiger partial charge in [0.25, 0.3) is 5.91 Å². The summed E-state index contributed by atoms with van der Waals surface area (Å²) in [6.45, 7) is 1.04. The van der Waals surface area contributed by atoms with Crippen molar-refractivity contribution in [3.63, 3.8) is 0 Å². The molecule has 7 heteroatoms. The van der Waals surface area contributed by atoms with Crippen LogP contribution < -0.4 is 10.1 Å². The quantitative estimate of drug-likeness (QED) is 0.667. The van der Waals surface area contributed by atoms with Crippen LogP contribution in [0.25, 0.3) is 11.1 Å². The van der Waals surface area contributed by atoms with Gasteiger partial charge in [-0.2, -0.15) is 5.10 Å². The lowest BCUT2D eigenvalue weighted by atomic mass is 10.1. The molecule has 2 heterocycles. The summed E-state index contributed by atoms with van der Waals surface area (Å²) in [5.41, 5.74) is 2.45. The number of nitrogens with zero attached hydrogens (tertiary/aromatic N) is 4. The van der Waals surface area contributed by atoms with Crippen molar-refractivity contribution in [1.82, 2.24) is 24.6 Å². The van der Waals surface area contributed by atoms with E-state index in [4.69, 9.17) is 4.74 Å². The van der Waals surface area contributed by atoms with Crippen molar-refractivity contribution in [1.29, 1.82) is 0 Å². The van der Waals surface area contributed by atoms with Crippen molar-refractivity contribution >= 4 is 5.91 Å². The molecule has 0 aliphatic heterocycles. The third-order valence-corrected chi connectivity index (χ3v) is 3.61. The number of benzene rings is 1. The van der Waals surface area contributed by atoms with Crippen LogP contribution in [-0.4, -0.2) is 38.4 Å². The Balaban J connectivity index is 1.44. The molecule has 0 spiro atoms. The van der Waals surface area contributed by atoms with Gasteiger partial charge in [0.15, 0.2) is 0 Å². The first-order chi connectivity index (χ1) is 12.1. The molecule has 3 rings (SSSR count). The molecule has 0 unspecified atom stereocenters. The SMILES string of the molecule is Cn1cnc(C(=O)NCCCOc2c[c]cc(-c3cnn(C)c3)c2)c1. The van der Waals surface area contributed by atoms with Gasteiger partial charge in [0.2, 0.25) is 0 Å². The summed E-state index contributed by atoms with van der Waals surface area (Å²) in [5.74, 6) is 0.574. The van der Waals surface area contributed by atoms with Gasteiger partial charge in [0, 0.05) is 38.6 Å². The lowest BCUT2D eigenvalue weighted by Gasteiger charge is -2.08. The van der Waals surface area contributed by atoms with Crippen LogP contribution in [0.4, 0.5) is 0 Å². The van der Waals surface area contributed by atoms with Crippen molar-refractivity contribution in [2.45, 2.75) is 6.42 Å². The number of imidazole rings is 1. The predicted octanol–water partition coefficient (Wildman–Crippen LogP) is 1.82. The van der Waals surface area contributed by atoms with Gasteiger partial charge < -0.3 is 14.6 Å². The average Bonchev–Trinajstić information content (AvgIpc) is 3.23. The van der Waals surface area contributed by atoms with Crippen LogP contribution in [0.15, 0.2) is 43.1 Å². The van der Waals surface area contributed by atoms with Gasteiger partial charge in [-0.05, 0) is 36.2 Å². The Morgan fingerprint density at radius 1 is 1.28 bits per heavy atom. The van der Waals surface area contributed by atoms with Crippen molar-refractivity contribution < 1.29 is 9.53 Å². The fourth-order valence-electron chi connectivity index (χ4n) is 2.36. The third-order valence-electron chi connectivity index (χ3n) is 3.61. The molecule has 7 nitrogen and oxygen atoms in total. The van der Waals surface area contributed by atoms with Crippen LogP contribution in [-0.2, 0) is 14.1 Å². The molecule has 1 radical (unpaired) electrons. The second-order valence-electron chi connectivity index (χ2n) is 5.74. The van der Waals surface area contributed by atoms with E-state index >= 15 is 0 Å². The number of ether oxygens (including phenoxy) is 1. The lowest BCUT2D eigenvalue weighted by Crippen LogP contribution is -2.25. The summed E-state index contributed by atoms with van der Waals surface area (Å²) in [7, 11) is 3.71. The fourth-order valence-corrected chi connectivity index (χ4v) is 2.36. The van der Waals surface area contributed by atoms with Gasteiger partial charge in [-0.25, -0.2) is 4.98 Å². The number of aromatic nitrogens is 4. The number of carbonyl (C=O) groups excluding carboxylic acids is 1. The summed E-state index contributed by atoms with van der Waals surface area (Å²) in [5, 5.41) is 6.99. The van der Waals surface area contributed by atoms with Crippen molar-refractivity contribution in [2.75, 3.05) is 13.2 Å². The van der Waals surface area contributed by atoms with E-state index < -0.39 is 0 Å². The molecule has 1 aromatic carbocycles. The summed E-state index contributed by atoms with van der Waals surface area (Å²) >= 11 is 0. The Hall–Kier alpha value is -3.09. The second kappa shape index (κ2) is 7.65. The van der Waals surface area contributed by atoms with Crippen molar-refractivity contribution in [3.05, 3.63) is 54.9 Å². The van der Waals surface area contributed by atoms with Crippen LogP contribution in [0.1, 0.15) is 16.9 Å². The summed E-state index contributed by atoms with van der Waals surface area (Å²) in [4.78, 5) is 15.9. The van der Waals surface area contributed by atoms with Crippen LogP contribution in [0, 0.1) is 6.07 Å². The lowest BCUT2D eigenvalue weighted by molar-refractivity contribution is 0.0947. The molecule has 0 atom stereocenters. The van der Waals surface area contributed by atoms with E-state index in [-0.39, 0.29) is 5.91 Å². The number of nitrogens with one attached hydrogen (secondary N) is 1.